The Morgan fingerprint density at radius 3 is 2.59 bits per heavy atom. The number of hydrogen-bond acceptors (Lipinski definition) is 5. The van der Waals surface area contributed by atoms with Crippen LogP contribution in [0.4, 0.5) is 36.3 Å². The maximum absolute atomic E-state index is 13.0. The standard InChI is InChI=1S/C23H20F3N5O3/c1-11-6-7-16(12(2)8-11)28-20(33)15-10-17(32)29-19-18(15)21(34)31-22(30-19)27-14-5-3-4-13(9-14)23(24,25)26/h3-9,15H,10H2,1-2H3,(H,28,33)(H3,27,29,30,31,32,34)/t15-/m0/s1. The molecule has 0 saturated carbocycles. The van der Waals surface area contributed by atoms with E-state index in [-0.39, 0.29) is 29.4 Å². The summed E-state index contributed by atoms with van der Waals surface area (Å²) in [6.07, 6.45) is -4.80. The molecule has 0 aliphatic carbocycles. The number of rotatable bonds is 4. The van der Waals surface area contributed by atoms with Crippen molar-refractivity contribution in [1.29, 1.82) is 0 Å². The number of alkyl halides is 3. The summed E-state index contributed by atoms with van der Waals surface area (Å²) in [6.45, 7) is 3.74. The Balaban J connectivity index is 1.63. The predicted molar refractivity (Wildman–Crippen MR) is 120 cm³/mol. The number of hydrogen-bond donors (Lipinski definition) is 4. The Morgan fingerprint density at radius 2 is 1.88 bits per heavy atom. The van der Waals surface area contributed by atoms with Gasteiger partial charge in [-0.3, -0.25) is 19.4 Å². The second kappa shape index (κ2) is 8.65. The van der Waals surface area contributed by atoms with Crippen LogP contribution in [0.25, 0.3) is 0 Å². The fourth-order valence-electron chi connectivity index (χ4n) is 3.74. The third-order valence-corrected chi connectivity index (χ3v) is 5.36. The molecule has 2 amide bonds. The van der Waals surface area contributed by atoms with Crippen LogP contribution in [-0.4, -0.2) is 21.8 Å². The SMILES string of the molecule is Cc1ccc(NC(=O)[C@H]2CC(=O)Nc3nc(Nc4cccc(C(F)(F)F)c4)[nH]c(=O)c32)c(C)c1. The zero-order chi connectivity index (χ0) is 24.6. The summed E-state index contributed by atoms with van der Waals surface area (Å²) >= 11 is 0. The number of fused-ring (bicyclic) bond motifs is 1. The number of halogens is 3. The Morgan fingerprint density at radius 1 is 1.12 bits per heavy atom. The number of aryl methyl sites for hydroxylation is 2. The van der Waals surface area contributed by atoms with Crippen molar-refractivity contribution in [1.82, 2.24) is 9.97 Å². The van der Waals surface area contributed by atoms with Gasteiger partial charge in [-0.25, -0.2) is 0 Å². The van der Waals surface area contributed by atoms with Crippen LogP contribution >= 0.6 is 0 Å². The quantitative estimate of drug-likeness (QED) is 0.455. The van der Waals surface area contributed by atoms with Crippen LogP contribution in [0.2, 0.25) is 0 Å². The highest BCUT2D eigenvalue weighted by atomic mass is 19.4. The molecule has 1 atom stereocenters. The summed E-state index contributed by atoms with van der Waals surface area (Å²) in [6, 6.07) is 9.79. The first-order valence-electron chi connectivity index (χ1n) is 10.3. The molecule has 1 aliphatic heterocycles. The number of H-pyrrole nitrogens is 1. The molecule has 0 saturated heterocycles. The zero-order valence-corrected chi connectivity index (χ0v) is 18.1. The average Bonchev–Trinajstić information content (AvgIpc) is 2.74. The highest BCUT2D eigenvalue weighted by molar-refractivity contribution is 6.04. The van der Waals surface area contributed by atoms with E-state index in [0.29, 0.717) is 5.69 Å². The minimum atomic E-state index is -4.54. The van der Waals surface area contributed by atoms with E-state index in [2.05, 4.69) is 25.9 Å². The van der Waals surface area contributed by atoms with Gasteiger partial charge in [-0.05, 0) is 43.7 Å². The average molecular weight is 471 g/mol. The monoisotopic (exact) mass is 471 g/mol. The van der Waals surface area contributed by atoms with Crippen molar-refractivity contribution < 1.29 is 22.8 Å². The zero-order valence-electron chi connectivity index (χ0n) is 18.1. The van der Waals surface area contributed by atoms with Crippen molar-refractivity contribution >= 4 is 35.0 Å². The highest BCUT2D eigenvalue weighted by Gasteiger charge is 2.35. The molecule has 4 rings (SSSR count). The molecule has 1 aromatic heterocycles. The fraction of sp³-hybridized carbons (Fsp3) is 0.217. The smallest absolute Gasteiger partial charge is 0.326 e. The Hall–Kier alpha value is -4.15. The van der Waals surface area contributed by atoms with Crippen molar-refractivity contribution in [2.45, 2.75) is 32.4 Å². The number of carbonyl (C=O) groups excluding carboxylic acids is 2. The summed E-state index contributed by atoms with van der Waals surface area (Å²) in [5, 5.41) is 7.81. The number of benzene rings is 2. The van der Waals surface area contributed by atoms with Crippen LogP contribution < -0.4 is 21.5 Å². The molecular formula is C23H20F3N5O3. The van der Waals surface area contributed by atoms with Crippen LogP contribution in [0.15, 0.2) is 47.3 Å². The van der Waals surface area contributed by atoms with Gasteiger partial charge in [0.2, 0.25) is 17.8 Å². The van der Waals surface area contributed by atoms with E-state index in [4.69, 9.17) is 0 Å². The van der Waals surface area contributed by atoms with Crippen LogP contribution in [0.5, 0.6) is 0 Å². The maximum atomic E-state index is 13.0. The van der Waals surface area contributed by atoms with E-state index in [1.807, 2.05) is 26.0 Å². The minimum Gasteiger partial charge on any atom is -0.326 e. The van der Waals surface area contributed by atoms with Crippen molar-refractivity contribution in [3.63, 3.8) is 0 Å². The van der Waals surface area contributed by atoms with E-state index < -0.39 is 35.0 Å². The van der Waals surface area contributed by atoms with Crippen molar-refractivity contribution in [2.24, 2.45) is 0 Å². The number of amides is 2. The summed E-state index contributed by atoms with van der Waals surface area (Å²) in [4.78, 5) is 44.6. The van der Waals surface area contributed by atoms with Gasteiger partial charge in [-0.15, -0.1) is 0 Å². The third kappa shape index (κ3) is 4.77. The molecule has 0 unspecified atom stereocenters. The Labute approximate surface area is 191 Å². The molecule has 3 aromatic rings. The van der Waals surface area contributed by atoms with Gasteiger partial charge in [-0.2, -0.15) is 18.2 Å². The first-order chi connectivity index (χ1) is 16.0. The topological polar surface area (TPSA) is 116 Å². The predicted octanol–water partition coefficient (Wildman–Crippen LogP) is 4.21. The van der Waals surface area contributed by atoms with Crippen molar-refractivity contribution in [3.05, 3.63) is 75.1 Å². The first-order valence-corrected chi connectivity index (χ1v) is 10.3. The number of anilines is 4. The molecule has 2 aromatic carbocycles. The molecule has 0 fully saturated rings. The highest BCUT2D eigenvalue weighted by Crippen LogP contribution is 2.33. The molecule has 34 heavy (non-hydrogen) atoms. The number of aromatic nitrogens is 2. The normalized spacial score (nSPS) is 15.3. The molecule has 0 bridgehead atoms. The lowest BCUT2D eigenvalue weighted by Crippen LogP contribution is -2.36. The molecule has 11 heteroatoms. The van der Waals surface area contributed by atoms with E-state index in [1.165, 1.54) is 12.1 Å². The van der Waals surface area contributed by atoms with Crippen LogP contribution in [-0.2, 0) is 15.8 Å². The van der Waals surface area contributed by atoms with Crippen LogP contribution in [0.1, 0.15) is 34.6 Å². The molecule has 8 nitrogen and oxygen atoms in total. The lowest BCUT2D eigenvalue weighted by atomic mass is 9.92. The van der Waals surface area contributed by atoms with Crippen LogP contribution in [0, 0.1) is 13.8 Å². The lowest BCUT2D eigenvalue weighted by molar-refractivity contribution is -0.137. The van der Waals surface area contributed by atoms with E-state index >= 15 is 0 Å². The largest absolute Gasteiger partial charge is 0.416 e. The van der Waals surface area contributed by atoms with Gasteiger partial charge in [0.05, 0.1) is 17.0 Å². The number of nitrogens with zero attached hydrogens (tertiary/aromatic N) is 1. The minimum absolute atomic E-state index is 0.0311. The Bertz CT molecular complexity index is 1350. The van der Waals surface area contributed by atoms with E-state index in [9.17, 15) is 27.6 Å². The number of carbonyl (C=O) groups is 2. The number of nitrogens with one attached hydrogen (secondary N) is 4. The third-order valence-electron chi connectivity index (χ3n) is 5.36. The maximum Gasteiger partial charge on any atom is 0.416 e. The first kappa shape index (κ1) is 23.0. The summed E-state index contributed by atoms with van der Waals surface area (Å²) in [5.41, 5.74) is 0.811. The summed E-state index contributed by atoms with van der Waals surface area (Å²) in [5.74, 6) is -2.47. The lowest BCUT2D eigenvalue weighted by Gasteiger charge is -2.24. The molecule has 0 spiro atoms. The molecular weight excluding hydrogens is 451 g/mol. The Kier molecular flexibility index (Phi) is 5.86. The van der Waals surface area contributed by atoms with Crippen LogP contribution in [0.3, 0.4) is 0 Å². The summed E-state index contributed by atoms with van der Waals surface area (Å²) < 4.78 is 38.9. The second-order valence-electron chi connectivity index (χ2n) is 7.99. The van der Waals surface area contributed by atoms with Gasteiger partial charge in [0, 0.05) is 17.8 Å². The molecule has 2 heterocycles. The molecule has 176 valence electrons. The van der Waals surface area contributed by atoms with Gasteiger partial charge in [0.15, 0.2) is 0 Å². The molecule has 4 N–H and O–H groups in total. The van der Waals surface area contributed by atoms with Gasteiger partial charge in [0.1, 0.15) is 5.82 Å². The molecule has 0 radical (unpaired) electrons. The van der Waals surface area contributed by atoms with E-state index in [1.54, 1.807) is 6.07 Å². The van der Waals surface area contributed by atoms with E-state index in [0.717, 1.165) is 23.3 Å². The van der Waals surface area contributed by atoms with Crippen molar-refractivity contribution in [2.75, 3.05) is 16.0 Å². The fourth-order valence-corrected chi connectivity index (χ4v) is 3.74. The van der Waals surface area contributed by atoms with Gasteiger partial charge in [-0.1, -0.05) is 23.8 Å². The summed E-state index contributed by atoms with van der Waals surface area (Å²) in [7, 11) is 0. The van der Waals surface area contributed by atoms with Gasteiger partial charge < -0.3 is 16.0 Å². The van der Waals surface area contributed by atoms with Gasteiger partial charge in [0.25, 0.3) is 5.56 Å². The van der Waals surface area contributed by atoms with Gasteiger partial charge >= 0.3 is 6.18 Å². The number of aromatic amines is 1. The van der Waals surface area contributed by atoms with Crippen molar-refractivity contribution in [3.8, 4) is 0 Å². The molecule has 1 aliphatic rings. The second-order valence-corrected chi connectivity index (χ2v) is 7.99.